The first kappa shape index (κ1) is 26.0. The summed E-state index contributed by atoms with van der Waals surface area (Å²) < 4.78 is 26.2. The molecule has 0 aromatic heterocycles. The van der Waals surface area contributed by atoms with E-state index >= 15 is 0 Å². The number of likely N-dealkylation sites (N-methyl/N-ethyl adjacent to an activating group) is 2. The van der Waals surface area contributed by atoms with E-state index in [0.29, 0.717) is 11.6 Å². The molecule has 2 N–H and O–H groups in total. The summed E-state index contributed by atoms with van der Waals surface area (Å²) >= 11 is 11.8. The van der Waals surface area contributed by atoms with Crippen molar-refractivity contribution in [1.82, 2.24) is 19.8 Å². The van der Waals surface area contributed by atoms with Crippen LogP contribution in [-0.2, 0) is 26.2 Å². The van der Waals surface area contributed by atoms with Crippen LogP contribution in [0.2, 0.25) is 10.0 Å². The van der Waals surface area contributed by atoms with E-state index in [1.807, 2.05) is 24.3 Å². The monoisotopic (exact) mass is 525 g/mol. The van der Waals surface area contributed by atoms with E-state index in [1.54, 1.807) is 7.05 Å². The first-order chi connectivity index (χ1) is 16.1. The quantitative estimate of drug-likeness (QED) is 0.517. The largest absolute Gasteiger partial charge is 0.368 e. The smallest absolute Gasteiger partial charge is 0.244 e. The maximum Gasteiger partial charge on any atom is 0.244 e. The molecule has 2 amide bonds. The van der Waals surface area contributed by atoms with Crippen LogP contribution in [0.4, 0.5) is 0 Å². The van der Waals surface area contributed by atoms with Gasteiger partial charge in [-0.15, -0.1) is 0 Å². The van der Waals surface area contributed by atoms with Crippen molar-refractivity contribution < 1.29 is 18.0 Å². The van der Waals surface area contributed by atoms with Gasteiger partial charge in [0.15, 0.2) is 0 Å². The minimum atomic E-state index is -4.01. The molecule has 2 aromatic carbocycles. The van der Waals surface area contributed by atoms with E-state index in [2.05, 4.69) is 15.6 Å². The van der Waals surface area contributed by atoms with Gasteiger partial charge in [-0.1, -0.05) is 47.5 Å². The number of amidine groups is 1. The zero-order chi connectivity index (χ0) is 24.9. The van der Waals surface area contributed by atoms with Crippen LogP contribution in [0, 0.1) is 0 Å². The van der Waals surface area contributed by atoms with Gasteiger partial charge >= 0.3 is 0 Å². The Bertz CT molecular complexity index is 1200. The molecule has 182 valence electrons. The molecular weight excluding hydrogens is 501 g/mol. The summed E-state index contributed by atoms with van der Waals surface area (Å²) in [7, 11) is -1.13. The third-order valence-corrected chi connectivity index (χ3v) is 7.65. The number of amides is 2. The summed E-state index contributed by atoms with van der Waals surface area (Å²) in [5, 5.41) is 5.92. The number of aliphatic imine (C=N–C) groups is 1. The van der Waals surface area contributed by atoms with Crippen molar-refractivity contribution >= 4 is 50.9 Å². The third-order valence-electron chi connectivity index (χ3n) is 5.13. The topological polar surface area (TPSA) is 111 Å². The van der Waals surface area contributed by atoms with Crippen LogP contribution < -0.4 is 10.6 Å². The number of rotatable bonds is 9. The van der Waals surface area contributed by atoms with Crippen LogP contribution in [0.1, 0.15) is 11.1 Å². The van der Waals surface area contributed by atoms with Crippen molar-refractivity contribution in [3.05, 3.63) is 63.6 Å². The van der Waals surface area contributed by atoms with Gasteiger partial charge in [0.2, 0.25) is 21.8 Å². The Kier molecular flexibility index (Phi) is 8.53. The number of hydrogen-bond donors (Lipinski definition) is 2. The molecule has 1 aliphatic heterocycles. The second kappa shape index (κ2) is 11.2. The van der Waals surface area contributed by atoms with Gasteiger partial charge in [-0.2, -0.15) is 4.31 Å². The summed E-state index contributed by atoms with van der Waals surface area (Å²) in [6, 6.07) is 11.7. The molecule has 0 saturated carbocycles. The predicted octanol–water partition coefficient (Wildman–Crippen LogP) is 1.74. The maximum atomic E-state index is 12.7. The number of hydrogen-bond acceptors (Lipinski definition) is 6. The summed E-state index contributed by atoms with van der Waals surface area (Å²) in [4.78, 5) is 30.4. The normalized spacial score (nSPS) is 13.4. The number of benzene rings is 2. The summed E-state index contributed by atoms with van der Waals surface area (Å²) in [5.41, 5.74) is 1.91. The molecule has 0 saturated heterocycles. The minimum absolute atomic E-state index is 0.0444. The Morgan fingerprint density at radius 3 is 2.44 bits per heavy atom. The summed E-state index contributed by atoms with van der Waals surface area (Å²) in [5.74, 6) is -0.0679. The Labute approximate surface area is 208 Å². The van der Waals surface area contributed by atoms with E-state index < -0.39 is 22.5 Å². The number of halogens is 2. The first-order valence-electron chi connectivity index (χ1n) is 10.4. The van der Waals surface area contributed by atoms with E-state index in [-0.39, 0.29) is 22.4 Å². The maximum absolute atomic E-state index is 12.7. The fraction of sp³-hybridized carbons (Fsp3) is 0.318. The molecule has 2 aromatic rings. The second-order valence-electron chi connectivity index (χ2n) is 7.72. The number of nitrogens with one attached hydrogen (secondary N) is 2. The lowest BCUT2D eigenvalue weighted by Crippen LogP contribution is -2.43. The lowest BCUT2D eigenvalue weighted by Gasteiger charge is -2.20. The van der Waals surface area contributed by atoms with Gasteiger partial charge < -0.3 is 15.5 Å². The molecule has 12 heteroatoms. The molecule has 0 spiro atoms. The summed E-state index contributed by atoms with van der Waals surface area (Å²) in [6.45, 7) is 1.22. The average molecular weight is 526 g/mol. The van der Waals surface area contributed by atoms with Gasteiger partial charge in [0.1, 0.15) is 10.7 Å². The lowest BCUT2D eigenvalue weighted by atomic mass is 10.1. The minimum Gasteiger partial charge on any atom is -0.368 e. The van der Waals surface area contributed by atoms with Crippen molar-refractivity contribution in [2.45, 2.75) is 11.4 Å². The molecule has 9 nitrogen and oxygen atoms in total. The van der Waals surface area contributed by atoms with Crippen LogP contribution in [0.5, 0.6) is 0 Å². The van der Waals surface area contributed by atoms with Gasteiger partial charge in [0.25, 0.3) is 0 Å². The Morgan fingerprint density at radius 1 is 1.12 bits per heavy atom. The Hall–Kier alpha value is -2.66. The molecule has 0 radical (unpaired) electrons. The number of nitrogens with zero attached hydrogens (tertiary/aromatic N) is 3. The molecule has 1 aliphatic rings. The summed E-state index contributed by atoms with van der Waals surface area (Å²) in [6.07, 6.45) is 0. The zero-order valence-corrected chi connectivity index (χ0v) is 21.0. The van der Waals surface area contributed by atoms with Gasteiger partial charge in [0, 0.05) is 37.8 Å². The van der Waals surface area contributed by atoms with Crippen LogP contribution >= 0.6 is 23.2 Å². The van der Waals surface area contributed by atoms with Crippen LogP contribution in [0.15, 0.2) is 52.4 Å². The highest BCUT2D eigenvalue weighted by Gasteiger charge is 2.25. The van der Waals surface area contributed by atoms with Crippen molar-refractivity contribution in [2.24, 2.45) is 4.99 Å². The molecule has 0 atom stereocenters. The first-order valence-corrected chi connectivity index (χ1v) is 12.6. The fourth-order valence-electron chi connectivity index (χ4n) is 3.23. The van der Waals surface area contributed by atoms with Crippen molar-refractivity contribution in [3.63, 3.8) is 0 Å². The van der Waals surface area contributed by atoms with Crippen molar-refractivity contribution in [2.75, 3.05) is 40.3 Å². The zero-order valence-electron chi connectivity index (χ0n) is 18.7. The van der Waals surface area contributed by atoms with Crippen LogP contribution in [0.3, 0.4) is 0 Å². The molecule has 1 heterocycles. The molecule has 0 aliphatic carbocycles. The number of sulfonamides is 1. The van der Waals surface area contributed by atoms with Crippen LogP contribution in [0.25, 0.3) is 0 Å². The standard InChI is InChI=1S/C22H25Cl2N5O4S/c1-28(13-15-3-5-16(6-4-15)22-25-9-10-26-22)21(31)12-27-20(30)14-29(2)34(32,33)19-8-7-17(23)11-18(19)24/h3-8,11H,9-10,12-14H2,1-2H3,(H,25,26)(H,27,30). The second-order valence-corrected chi connectivity index (χ2v) is 10.6. The molecule has 0 unspecified atom stereocenters. The Balaban J connectivity index is 1.49. The van der Waals surface area contributed by atoms with Gasteiger partial charge in [-0.05, 0) is 23.8 Å². The van der Waals surface area contributed by atoms with Gasteiger partial charge in [0.05, 0.1) is 24.7 Å². The van der Waals surface area contributed by atoms with Gasteiger partial charge in [-0.3, -0.25) is 14.6 Å². The number of carbonyl (C=O) groups is 2. The predicted molar refractivity (Wildman–Crippen MR) is 132 cm³/mol. The lowest BCUT2D eigenvalue weighted by molar-refractivity contribution is -0.132. The molecule has 0 bridgehead atoms. The van der Waals surface area contributed by atoms with Gasteiger partial charge in [-0.25, -0.2) is 8.42 Å². The van der Waals surface area contributed by atoms with E-state index in [9.17, 15) is 18.0 Å². The highest BCUT2D eigenvalue weighted by molar-refractivity contribution is 7.89. The number of carbonyl (C=O) groups excluding carboxylic acids is 2. The van der Waals surface area contributed by atoms with E-state index in [1.165, 1.54) is 30.1 Å². The average Bonchev–Trinajstić information content (AvgIpc) is 3.32. The molecule has 0 fully saturated rings. The molecule has 3 rings (SSSR count). The van der Waals surface area contributed by atoms with E-state index in [4.69, 9.17) is 23.2 Å². The van der Waals surface area contributed by atoms with Crippen LogP contribution in [-0.4, -0.2) is 75.5 Å². The highest BCUT2D eigenvalue weighted by Crippen LogP contribution is 2.26. The highest BCUT2D eigenvalue weighted by atomic mass is 35.5. The fourth-order valence-corrected chi connectivity index (χ4v) is 5.10. The van der Waals surface area contributed by atoms with Crippen molar-refractivity contribution in [3.8, 4) is 0 Å². The molecular formula is C22H25Cl2N5O4S. The third kappa shape index (κ3) is 6.47. The molecule has 34 heavy (non-hydrogen) atoms. The SMILES string of the molecule is CN(Cc1ccc(C2=NCCN2)cc1)C(=O)CNC(=O)CN(C)S(=O)(=O)c1ccc(Cl)cc1Cl. The Morgan fingerprint density at radius 2 is 1.82 bits per heavy atom. The van der Waals surface area contributed by atoms with E-state index in [0.717, 1.165) is 34.4 Å². The van der Waals surface area contributed by atoms with Crippen molar-refractivity contribution in [1.29, 1.82) is 0 Å².